The number of methoxy groups -OCH3 is 1. The lowest BCUT2D eigenvalue weighted by Gasteiger charge is -2.02. The van der Waals surface area contributed by atoms with Crippen LogP contribution in [-0.4, -0.2) is 23.8 Å². The first kappa shape index (κ1) is 15.8. The predicted octanol–water partition coefficient (Wildman–Crippen LogP) is 2.88. The number of nitrogens with zero attached hydrogens (tertiary/aromatic N) is 2. The zero-order chi connectivity index (χ0) is 16.9. The van der Waals surface area contributed by atoms with Crippen molar-refractivity contribution in [2.75, 3.05) is 7.11 Å². The number of ether oxygens (including phenoxy) is 1. The van der Waals surface area contributed by atoms with Crippen molar-refractivity contribution in [1.29, 1.82) is 0 Å². The largest absolute Gasteiger partial charge is 0.497 e. The van der Waals surface area contributed by atoms with Crippen LogP contribution >= 0.6 is 0 Å². The van der Waals surface area contributed by atoms with Gasteiger partial charge in [-0.2, -0.15) is 5.10 Å². The molecular formula is C19H19N3O2. The Bertz CT molecular complexity index is 879. The Morgan fingerprint density at radius 1 is 1.21 bits per heavy atom. The minimum atomic E-state index is -0.156. The number of hydrogen-bond acceptors (Lipinski definition) is 3. The molecule has 0 saturated heterocycles. The number of aryl methyl sites for hydroxylation is 1. The molecule has 0 atom stereocenters. The number of benzene rings is 2. The first-order chi connectivity index (χ1) is 11.7. The molecule has 5 nitrogen and oxygen atoms in total. The molecule has 24 heavy (non-hydrogen) atoms. The summed E-state index contributed by atoms with van der Waals surface area (Å²) in [6.45, 7) is 0. The standard InChI is InChI=1S/C19H19N3O2/c1-22-13-15(17-5-3-4-6-18(17)22)12-20-21-19(23)11-14-7-9-16(24-2)10-8-14/h3-10,12-13H,11H2,1-2H3,(H,21,23)/b20-12+. The average Bonchev–Trinajstić information content (AvgIpc) is 2.92. The zero-order valence-corrected chi connectivity index (χ0v) is 13.7. The summed E-state index contributed by atoms with van der Waals surface area (Å²) in [5.74, 6) is 0.616. The van der Waals surface area contributed by atoms with Crippen LogP contribution in [0.15, 0.2) is 59.8 Å². The summed E-state index contributed by atoms with van der Waals surface area (Å²) in [5, 5.41) is 5.18. The smallest absolute Gasteiger partial charge is 0.244 e. The lowest BCUT2D eigenvalue weighted by molar-refractivity contribution is -0.120. The number of hydrazone groups is 1. The lowest BCUT2D eigenvalue weighted by atomic mass is 10.1. The second-order valence-corrected chi connectivity index (χ2v) is 5.53. The highest BCUT2D eigenvalue weighted by atomic mass is 16.5. The number of fused-ring (bicyclic) bond motifs is 1. The minimum Gasteiger partial charge on any atom is -0.497 e. The molecule has 0 bridgehead atoms. The molecule has 0 aliphatic rings. The van der Waals surface area contributed by atoms with Crippen molar-refractivity contribution in [3.05, 3.63) is 65.9 Å². The minimum absolute atomic E-state index is 0.156. The van der Waals surface area contributed by atoms with Gasteiger partial charge in [0.2, 0.25) is 5.91 Å². The van der Waals surface area contributed by atoms with Crippen molar-refractivity contribution in [1.82, 2.24) is 9.99 Å². The van der Waals surface area contributed by atoms with Gasteiger partial charge in [0.25, 0.3) is 0 Å². The van der Waals surface area contributed by atoms with Crippen molar-refractivity contribution in [3.63, 3.8) is 0 Å². The highest BCUT2D eigenvalue weighted by Crippen LogP contribution is 2.18. The van der Waals surface area contributed by atoms with Crippen molar-refractivity contribution >= 4 is 23.0 Å². The molecule has 0 radical (unpaired) electrons. The van der Waals surface area contributed by atoms with Crippen LogP contribution in [0.4, 0.5) is 0 Å². The number of nitrogens with one attached hydrogen (secondary N) is 1. The topological polar surface area (TPSA) is 55.6 Å². The van der Waals surface area contributed by atoms with Crippen LogP contribution < -0.4 is 10.2 Å². The fourth-order valence-electron chi connectivity index (χ4n) is 2.62. The molecule has 0 aliphatic carbocycles. The van der Waals surface area contributed by atoms with Gasteiger partial charge in [0, 0.05) is 29.7 Å². The molecule has 0 fully saturated rings. The molecule has 0 saturated carbocycles. The summed E-state index contributed by atoms with van der Waals surface area (Å²) in [6, 6.07) is 15.5. The Morgan fingerprint density at radius 2 is 1.96 bits per heavy atom. The molecule has 1 amide bonds. The number of aromatic nitrogens is 1. The van der Waals surface area contributed by atoms with Crippen LogP contribution in [-0.2, 0) is 18.3 Å². The maximum absolute atomic E-state index is 12.0. The number of carbonyl (C=O) groups excluding carboxylic acids is 1. The first-order valence-electron chi connectivity index (χ1n) is 7.66. The van der Waals surface area contributed by atoms with E-state index in [1.54, 1.807) is 13.3 Å². The van der Waals surface area contributed by atoms with Gasteiger partial charge < -0.3 is 9.30 Å². The first-order valence-corrected chi connectivity index (χ1v) is 7.66. The van der Waals surface area contributed by atoms with Crippen LogP contribution in [0.2, 0.25) is 0 Å². The van der Waals surface area contributed by atoms with E-state index in [2.05, 4.69) is 16.6 Å². The lowest BCUT2D eigenvalue weighted by Crippen LogP contribution is -2.19. The van der Waals surface area contributed by atoms with Gasteiger partial charge in [0.1, 0.15) is 5.75 Å². The summed E-state index contributed by atoms with van der Waals surface area (Å²) in [5.41, 5.74) is 5.58. The van der Waals surface area contributed by atoms with Crippen molar-refractivity contribution < 1.29 is 9.53 Å². The SMILES string of the molecule is COc1ccc(CC(=O)N/N=C/c2cn(C)c3ccccc23)cc1. The average molecular weight is 321 g/mol. The third-order valence-electron chi connectivity index (χ3n) is 3.84. The van der Waals surface area contributed by atoms with Crippen LogP contribution in [0.5, 0.6) is 5.75 Å². The van der Waals surface area contributed by atoms with Gasteiger partial charge >= 0.3 is 0 Å². The van der Waals surface area contributed by atoms with E-state index in [9.17, 15) is 4.79 Å². The van der Waals surface area contributed by atoms with E-state index in [4.69, 9.17) is 4.74 Å². The number of hydrogen-bond donors (Lipinski definition) is 1. The van der Waals surface area contributed by atoms with Crippen LogP contribution in [0, 0.1) is 0 Å². The second kappa shape index (κ2) is 7.00. The van der Waals surface area contributed by atoms with E-state index in [1.807, 2.05) is 60.3 Å². The van der Waals surface area contributed by atoms with Gasteiger partial charge in [0.15, 0.2) is 0 Å². The summed E-state index contributed by atoms with van der Waals surface area (Å²) < 4.78 is 7.14. The molecular weight excluding hydrogens is 302 g/mol. The molecule has 3 aromatic rings. The molecule has 5 heteroatoms. The highest BCUT2D eigenvalue weighted by molar-refractivity contribution is 5.99. The molecule has 122 valence electrons. The zero-order valence-electron chi connectivity index (χ0n) is 13.7. The maximum atomic E-state index is 12.0. The monoisotopic (exact) mass is 321 g/mol. The summed E-state index contributed by atoms with van der Waals surface area (Å²) in [4.78, 5) is 12.0. The van der Waals surface area contributed by atoms with E-state index in [0.717, 1.165) is 27.8 Å². The summed E-state index contributed by atoms with van der Waals surface area (Å²) >= 11 is 0. The van der Waals surface area contributed by atoms with Crippen molar-refractivity contribution in [3.8, 4) is 5.75 Å². The van der Waals surface area contributed by atoms with E-state index in [1.165, 1.54) is 0 Å². The van der Waals surface area contributed by atoms with Gasteiger partial charge in [-0.25, -0.2) is 5.43 Å². The Hall–Kier alpha value is -3.08. The van der Waals surface area contributed by atoms with Crippen LogP contribution in [0.3, 0.4) is 0 Å². The van der Waals surface area contributed by atoms with E-state index < -0.39 is 0 Å². The van der Waals surface area contributed by atoms with E-state index in [0.29, 0.717) is 0 Å². The Labute approximate surface area is 140 Å². The van der Waals surface area contributed by atoms with Crippen molar-refractivity contribution in [2.45, 2.75) is 6.42 Å². The molecule has 0 aliphatic heterocycles. The molecule has 1 heterocycles. The molecule has 2 aromatic carbocycles. The number of carbonyl (C=O) groups is 1. The Morgan fingerprint density at radius 3 is 2.71 bits per heavy atom. The number of rotatable bonds is 5. The third-order valence-corrected chi connectivity index (χ3v) is 3.84. The number of amides is 1. The van der Waals surface area contributed by atoms with Crippen LogP contribution in [0.1, 0.15) is 11.1 Å². The molecule has 1 aromatic heterocycles. The Kier molecular flexibility index (Phi) is 4.61. The normalized spacial score (nSPS) is 11.1. The van der Waals surface area contributed by atoms with Gasteiger partial charge in [-0.3, -0.25) is 4.79 Å². The summed E-state index contributed by atoms with van der Waals surface area (Å²) in [6.07, 6.45) is 3.94. The third kappa shape index (κ3) is 3.46. The molecule has 0 spiro atoms. The van der Waals surface area contributed by atoms with Gasteiger partial charge in [-0.05, 0) is 23.8 Å². The van der Waals surface area contributed by atoms with Crippen molar-refractivity contribution in [2.24, 2.45) is 12.1 Å². The van der Waals surface area contributed by atoms with Gasteiger partial charge in [-0.15, -0.1) is 0 Å². The predicted molar refractivity (Wildman–Crippen MR) is 95.4 cm³/mol. The molecule has 3 rings (SSSR count). The highest BCUT2D eigenvalue weighted by Gasteiger charge is 2.05. The Balaban J connectivity index is 1.63. The maximum Gasteiger partial charge on any atom is 0.244 e. The second-order valence-electron chi connectivity index (χ2n) is 5.53. The fourth-order valence-corrected chi connectivity index (χ4v) is 2.62. The van der Waals surface area contributed by atoms with Gasteiger partial charge in [-0.1, -0.05) is 30.3 Å². The molecule has 0 unspecified atom stereocenters. The molecule has 1 N–H and O–H groups in total. The number of para-hydroxylation sites is 1. The summed E-state index contributed by atoms with van der Waals surface area (Å²) in [7, 11) is 3.60. The van der Waals surface area contributed by atoms with E-state index in [-0.39, 0.29) is 12.3 Å². The van der Waals surface area contributed by atoms with E-state index >= 15 is 0 Å². The quantitative estimate of drug-likeness (QED) is 0.580. The fraction of sp³-hybridized carbons (Fsp3) is 0.158. The van der Waals surface area contributed by atoms with Crippen LogP contribution in [0.25, 0.3) is 10.9 Å². The van der Waals surface area contributed by atoms with Gasteiger partial charge in [0.05, 0.1) is 19.7 Å².